The molecule has 4 heterocycles. The Kier molecular flexibility index (Phi) is 5.18. The molecule has 0 N–H and O–H groups in total. The van der Waals surface area contributed by atoms with Crippen LogP contribution in [-0.2, 0) is 9.53 Å². The molecule has 3 aliphatic rings. The number of aromatic nitrogens is 1. The van der Waals surface area contributed by atoms with Crippen molar-refractivity contribution in [3.63, 3.8) is 0 Å². The van der Waals surface area contributed by atoms with Gasteiger partial charge in [-0.25, -0.2) is 4.79 Å². The minimum absolute atomic E-state index is 0.135. The van der Waals surface area contributed by atoms with Gasteiger partial charge in [-0.3, -0.25) is 9.88 Å². The number of ether oxygens (including phenoxy) is 2. The summed E-state index contributed by atoms with van der Waals surface area (Å²) in [6.45, 7) is 9.57. The van der Waals surface area contributed by atoms with Crippen molar-refractivity contribution >= 4 is 16.9 Å². The summed E-state index contributed by atoms with van der Waals surface area (Å²) in [5.74, 6) is 1.45. The van der Waals surface area contributed by atoms with Crippen LogP contribution in [0.4, 0.5) is 0 Å². The second-order valence-electron chi connectivity index (χ2n) is 7.59. The van der Waals surface area contributed by atoms with Gasteiger partial charge in [0.25, 0.3) is 0 Å². The van der Waals surface area contributed by atoms with Crippen LogP contribution in [0.2, 0.25) is 0 Å². The van der Waals surface area contributed by atoms with Gasteiger partial charge in [-0.05, 0) is 55.5 Å². The fourth-order valence-corrected chi connectivity index (χ4v) is 4.74. The maximum atomic E-state index is 12.2. The van der Waals surface area contributed by atoms with Crippen molar-refractivity contribution < 1.29 is 14.3 Å². The van der Waals surface area contributed by atoms with Crippen molar-refractivity contribution in [2.24, 2.45) is 11.8 Å². The van der Waals surface area contributed by atoms with Gasteiger partial charge >= 0.3 is 5.97 Å². The van der Waals surface area contributed by atoms with E-state index in [0.29, 0.717) is 11.8 Å². The summed E-state index contributed by atoms with van der Waals surface area (Å²) >= 11 is 0. The molecule has 0 saturated carbocycles. The Morgan fingerprint density at radius 1 is 1.36 bits per heavy atom. The zero-order valence-electron chi connectivity index (χ0n) is 16.2. The third kappa shape index (κ3) is 3.31. The van der Waals surface area contributed by atoms with Crippen LogP contribution in [0.15, 0.2) is 55.8 Å². The van der Waals surface area contributed by atoms with E-state index in [-0.39, 0.29) is 12.1 Å². The summed E-state index contributed by atoms with van der Waals surface area (Å²) in [7, 11) is 1.65. The first kappa shape index (κ1) is 18.7. The molecule has 5 atom stereocenters. The molecule has 0 amide bonds. The summed E-state index contributed by atoms with van der Waals surface area (Å²) < 4.78 is 11.3. The average Bonchev–Trinajstić information content (AvgIpc) is 2.76. The van der Waals surface area contributed by atoms with E-state index < -0.39 is 5.97 Å². The van der Waals surface area contributed by atoms with Gasteiger partial charge in [0.05, 0.1) is 18.7 Å². The molecule has 3 fully saturated rings. The third-order valence-electron chi connectivity index (χ3n) is 6.20. The lowest BCUT2D eigenvalue weighted by Gasteiger charge is -2.51. The summed E-state index contributed by atoms with van der Waals surface area (Å²) in [4.78, 5) is 19.1. The number of piperidine rings is 3. The first-order valence-corrected chi connectivity index (χ1v) is 9.77. The van der Waals surface area contributed by atoms with Gasteiger partial charge < -0.3 is 9.47 Å². The highest BCUT2D eigenvalue weighted by atomic mass is 16.5. The van der Waals surface area contributed by atoms with Gasteiger partial charge in [-0.15, -0.1) is 6.58 Å². The van der Waals surface area contributed by atoms with Gasteiger partial charge in [-0.2, -0.15) is 0 Å². The number of nitrogens with zero attached hydrogens (tertiary/aromatic N) is 2. The Hall–Kier alpha value is -2.66. The van der Waals surface area contributed by atoms with Crippen molar-refractivity contribution in [1.82, 2.24) is 9.88 Å². The van der Waals surface area contributed by atoms with Gasteiger partial charge in [0.15, 0.2) is 0 Å². The Morgan fingerprint density at radius 2 is 2.21 bits per heavy atom. The quantitative estimate of drug-likeness (QED) is 0.433. The number of fused-ring (bicyclic) bond motifs is 4. The molecule has 146 valence electrons. The van der Waals surface area contributed by atoms with E-state index in [9.17, 15) is 4.79 Å². The minimum atomic E-state index is -0.402. The lowest BCUT2D eigenvalue weighted by Crippen LogP contribution is -2.55. The predicted octanol–water partition coefficient (Wildman–Crippen LogP) is 3.91. The number of carbonyl (C=O) groups excluding carboxylic acids is 1. The van der Waals surface area contributed by atoms with Crippen molar-refractivity contribution in [3.8, 4) is 5.75 Å². The van der Waals surface area contributed by atoms with Crippen molar-refractivity contribution in [2.45, 2.75) is 25.0 Å². The fraction of sp³-hybridized carbons (Fsp3) is 0.391. The van der Waals surface area contributed by atoms with Crippen LogP contribution in [0.5, 0.6) is 5.75 Å². The molecule has 5 rings (SSSR count). The van der Waals surface area contributed by atoms with Crippen LogP contribution in [0.1, 0.15) is 24.5 Å². The molecule has 5 heteroatoms. The molecule has 0 aliphatic carbocycles. The molecular formula is C23H26N2O3. The van der Waals surface area contributed by atoms with Gasteiger partial charge in [0.1, 0.15) is 11.9 Å². The highest BCUT2D eigenvalue weighted by Gasteiger charge is 2.44. The van der Waals surface area contributed by atoms with Crippen LogP contribution in [0.3, 0.4) is 0 Å². The van der Waals surface area contributed by atoms with Gasteiger partial charge in [-0.1, -0.05) is 12.7 Å². The Labute approximate surface area is 165 Å². The monoisotopic (exact) mass is 378 g/mol. The number of hydrogen-bond acceptors (Lipinski definition) is 5. The molecule has 3 aliphatic heterocycles. The van der Waals surface area contributed by atoms with Gasteiger partial charge in [0, 0.05) is 29.8 Å². The standard InChI is InChI=1S/C23H26N2O3/c1-4-15-14-25-11-9-16(15)12-21(25)23(28-22(26)5-2)18-8-10-24-20-7-6-17(27-3)13-19(18)20/h4-8,10,13,15-16,21,23H,1-2,9,11-12,14H2,3H3/t15?,16-,21-,23+/m0/s1. The number of esters is 1. The second-order valence-corrected chi connectivity index (χ2v) is 7.59. The van der Waals surface area contributed by atoms with E-state index in [0.717, 1.165) is 41.7 Å². The molecule has 0 radical (unpaired) electrons. The van der Waals surface area contributed by atoms with E-state index in [4.69, 9.17) is 9.47 Å². The van der Waals surface area contributed by atoms with E-state index in [1.165, 1.54) is 12.5 Å². The Balaban J connectivity index is 1.77. The van der Waals surface area contributed by atoms with Gasteiger partial charge in [0.2, 0.25) is 0 Å². The van der Waals surface area contributed by atoms with Crippen LogP contribution >= 0.6 is 0 Å². The molecule has 1 aromatic carbocycles. The van der Waals surface area contributed by atoms with Crippen molar-refractivity contribution in [3.05, 3.63) is 61.3 Å². The summed E-state index contributed by atoms with van der Waals surface area (Å²) in [6, 6.07) is 7.89. The highest BCUT2D eigenvalue weighted by Crippen LogP contribution is 2.43. The van der Waals surface area contributed by atoms with Crippen LogP contribution in [0, 0.1) is 11.8 Å². The number of hydrogen-bond donors (Lipinski definition) is 0. The molecule has 5 nitrogen and oxygen atoms in total. The zero-order valence-corrected chi connectivity index (χ0v) is 16.2. The van der Waals surface area contributed by atoms with E-state index >= 15 is 0 Å². The number of methoxy groups -OCH3 is 1. The lowest BCUT2D eigenvalue weighted by molar-refractivity contribution is -0.151. The number of carbonyl (C=O) groups is 1. The SMILES string of the molecule is C=CC(=O)O[C@H](c1ccnc2ccc(OC)cc12)[C@@H]1C[C@@H]2CCN1CC2C=C. The molecule has 28 heavy (non-hydrogen) atoms. The number of benzene rings is 1. The molecule has 2 unspecified atom stereocenters. The first-order valence-electron chi connectivity index (χ1n) is 9.77. The molecule has 2 aromatic rings. The maximum Gasteiger partial charge on any atom is 0.330 e. The molecule has 1 aromatic heterocycles. The van der Waals surface area contributed by atoms with E-state index in [1.54, 1.807) is 13.3 Å². The van der Waals surface area contributed by atoms with Crippen molar-refractivity contribution in [1.29, 1.82) is 0 Å². The normalized spacial score (nSPS) is 27.2. The topological polar surface area (TPSA) is 51.7 Å². The van der Waals surface area contributed by atoms with Crippen LogP contribution in [-0.4, -0.2) is 42.1 Å². The third-order valence-corrected chi connectivity index (χ3v) is 6.20. The number of rotatable bonds is 6. The first-order chi connectivity index (χ1) is 13.6. The van der Waals surface area contributed by atoms with Crippen molar-refractivity contribution in [2.75, 3.05) is 20.2 Å². The van der Waals surface area contributed by atoms with Crippen LogP contribution < -0.4 is 4.74 Å². The largest absolute Gasteiger partial charge is 0.497 e. The fourth-order valence-electron chi connectivity index (χ4n) is 4.74. The number of pyridine rings is 1. The maximum absolute atomic E-state index is 12.2. The molecule has 3 saturated heterocycles. The lowest BCUT2D eigenvalue weighted by atomic mass is 9.73. The molecule has 2 bridgehead atoms. The Morgan fingerprint density at radius 3 is 2.89 bits per heavy atom. The zero-order chi connectivity index (χ0) is 19.7. The average molecular weight is 378 g/mol. The minimum Gasteiger partial charge on any atom is -0.497 e. The molecular weight excluding hydrogens is 352 g/mol. The summed E-state index contributed by atoms with van der Waals surface area (Å²) in [5, 5.41) is 0.951. The molecule has 0 spiro atoms. The predicted molar refractivity (Wildman–Crippen MR) is 109 cm³/mol. The summed E-state index contributed by atoms with van der Waals surface area (Å²) in [6.07, 6.45) is 6.86. The Bertz CT molecular complexity index is 910. The van der Waals surface area contributed by atoms with E-state index in [1.807, 2.05) is 24.3 Å². The smallest absolute Gasteiger partial charge is 0.330 e. The van der Waals surface area contributed by atoms with E-state index in [2.05, 4.69) is 29.1 Å². The second kappa shape index (κ2) is 7.76. The highest BCUT2D eigenvalue weighted by molar-refractivity contribution is 5.85. The summed E-state index contributed by atoms with van der Waals surface area (Å²) in [5.41, 5.74) is 1.82. The van der Waals surface area contributed by atoms with Crippen LogP contribution in [0.25, 0.3) is 10.9 Å².